The Morgan fingerprint density at radius 2 is 1.77 bits per heavy atom. The Balaban J connectivity index is 1.30. The number of carbonyl (C=O) groups excluding carboxylic acids is 1. The van der Waals surface area contributed by atoms with Gasteiger partial charge in [-0.05, 0) is 48.4 Å². The van der Waals surface area contributed by atoms with Gasteiger partial charge in [-0.2, -0.15) is 0 Å². The molecule has 1 amide bonds. The Hall–Kier alpha value is -3.93. The molecule has 2 aromatic heterocycles. The van der Waals surface area contributed by atoms with E-state index in [2.05, 4.69) is 15.3 Å². The Morgan fingerprint density at radius 3 is 2.43 bits per heavy atom. The summed E-state index contributed by atoms with van der Waals surface area (Å²) < 4.78 is 7.67. The number of aryl methyl sites for hydroxylation is 1. The van der Waals surface area contributed by atoms with Gasteiger partial charge in [0.25, 0.3) is 5.91 Å². The quantitative estimate of drug-likeness (QED) is 0.509. The molecule has 0 unspecified atom stereocenters. The summed E-state index contributed by atoms with van der Waals surface area (Å²) in [4.78, 5) is 21.1. The lowest BCUT2D eigenvalue weighted by atomic mass is 10.2. The highest BCUT2D eigenvalue weighted by Crippen LogP contribution is 2.15. The van der Waals surface area contributed by atoms with Gasteiger partial charge in [-0.3, -0.25) is 9.36 Å². The van der Waals surface area contributed by atoms with Gasteiger partial charge in [0.05, 0.1) is 0 Å². The van der Waals surface area contributed by atoms with Gasteiger partial charge >= 0.3 is 0 Å². The Bertz CT molecular complexity index is 1100. The minimum Gasteiger partial charge on any atom is -0.489 e. The van der Waals surface area contributed by atoms with E-state index < -0.39 is 0 Å². The topological polar surface area (TPSA) is 69.0 Å². The van der Waals surface area contributed by atoms with E-state index >= 15 is 0 Å². The largest absolute Gasteiger partial charge is 0.489 e. The maximum absolute atomic E-state index is 12.4. The summed E-state index contributed by atoms with van der Waals surface area (Å²) >= 11 is 0. The van der Waals surface area contributed by atoms with E-state index in [4.69, 9.17) is 4.74 Å². The molecule has 0 saturated heterocycles. The summed E-state index contributed by atoms with van der Waals surface area (Å²) in [5, 5.41) is 2.92. The molecule has 0 fully saturated rings. The molecule has 4 aromatic rings. The highest BCUT2D eigenvalue weighted by molar-refractivity contribution is 5.94. The van der Waals surface area contributed by atoms with E-state index in [-0.39, 0.29) is 5.91 Å². The molecule has 0 aliphatic heterocycles. The SMILES string of the molecule is Cc1nccn1-c1ccc(CNC(=O)c2ccc(OCc3ccccc3)cc2)cn1. The maximum Gasteiger partial charge on any atom is 0.251 e. The lowest BCUT2D eigenvalue weighted by Crippen LogP contribution is -2.22. The zero-order valence-electron chi connectivity index (χ0n) is 16.7. The van der Waals surface area contributed by atoms with Crippen molar-refractivity contribution in [2.75, 3.05) is 0 Å². The molecule has 6 heteroatoms. The highest BCUT2D eigenvalue weighted by Gasteiger charge is 2.07. The molecule has 150 valence electrons. The van der Waals surface area contributed by atoms with Crippen LogP contribution in [0.3, 0.4) is 0 Å². The lowest BCUT2D eigenvalue weighted by molar-refractivity contribution is 0.0951. The van der Waals surface area contributed by atoms with Crippen LogP contribution in [0.1, 0.15) is 27.3 Å². The predicted octanol–water partition coefficient (Wildman–Crippen LogP) is 4.08. The van der Waals surface area contributed by atoms with E-state index in [0.29, 0.717) is 18.7 Å². The molecule has 2 heterocycles. The van der Waals surface area contributed by atoms with Crippen LogP contribution in [0.4, 0.5) is 0 Å². The summed E-state index contributed by atoms with van der Waals surface area (Å²) in [6.45, 7) is 2.82. The van der Waals surface area contributed by atoms with Gasteiger partial charge in [0.15, 0.2) is 0 Å². The number of imidazole rings is 1. The molecule has 0 aliphatic rings. The normalized spacial score (nSPS) is 10.6. The summed E-state index contributed by atoms with van der Waals surface area (Å²) in [6, 6.07) is 21.0. The third kappa shape index (κ3) is 4.72. The minimum absolute atomic E-state index is 0.140. The van der Waals surface area contributed by atoms with Gasteiger partial charge in [-0.1, -0.05) is 36.4 Å². The fourth-order valence-corrected chi connectivity index (χ4v) is 3.01. The summed E-state index contributed by atoms with van der Waals surface area (Å²) in [6.07, 6.45) is 5.37. The van der Waals surface area contributed by atoms with Crippen LogP contribution in [0.5, 0.6) is 5.75 Å². The highest BCUT2D eigenvalue weighted by atomic mass is 16.5. The zero-order valence-corrected chi connectivity index (χ0v) is 16.7. The third-order valence-corrected chi connectivity index (χ3v) is 4.70. The fraction of sp³-hybridized carbons (Fsp3) is 0.125. The van der Waals surface area contributed by atoms with Crippen molar-refractivity contribution in [2.45, 2.75) is 20.1 Å². The van der Waals surface area contributed by atoms with Crippen molar-refractivity contribution in [1.29, 1.82) is 0 Å². The number of benzene rings is 2. The van der Waals surface area contributed by atoms with Gasteiger partial charge in [0.1, 0.15) is 24.0 Å². The molecule has 1 N–H and O–H groups in total. The summed E-state index contributed by atoms with van der Waals surface area (Å²) in [7, 11) is 0. The molecule has 0 spiro atoms. The average molecular weight is 398 g/mol. The third-order valence-electron chi connectivity index (χ3n) is 4.70. The first kappa shape index (κ1) is 19.4. The van der Waals surface area contributed by atoms with Crippen LogP contribution in [0, 0.1) is 6.92 Å². The number of nitrogens with zero attached hydrogens (tertiary/aromatic N) is 3. The molecule has 0 atom stereocenters. The average Bonchev–Trinajstić information content (AvgIpc) is 3.23. The van der Waals surface area contributed by atoms with Crippen molar-refractivity contribution >= 4 is 5.91 Å². The van der Waals surface area contributed by atoms with Gasteiger partial charge in [-0.15, -0.1) is 0 Å². The van der Waals surface area contributed by atoms with Gasteiger partial charge in [-0.25, -0.2) is 9.97 Å². The van der Waals surface area contributed by atoms with Crippen molar-refractivity contribution < 1.29 is 9.53 Å². The molecule has 0 bridgehead atoms. The van der Waals surface area contributed by atoms with Gasteiger partial charge in [0, 0.05) is 30.7 Å². The van der Waals surface area contributed by atoms with Crippen molar-refractivity contribution in [3.05, 3.63) is 108 Å². The minimum atomic E-state index is -0.140. The fourth-order valence-electron chi connectivity index (χ4n) is 3.01. The number of hydrogen-bond donors (Lipinski definition) is 1. The van der Waals surface area contributed by atoms with Crippen LogP contribution >= 0.6 is 0 Å². The number of hydrogen-bond acceptors (Lipinski definition) is 4. The number of aromatic nitrogens is 3. The molecule has 4 rings (SSSR count). The van der Waals surface area contributed by atoms with E-state index in [1.165, 1.54) is 0 Å². The molecule has 0 radical (unpaired) electrons. The second kappa shape index (κ2) is 9.05. The van der Waals surface area contributed by atoms with Crippen LogP contribution in [-0.4, -0.2) is 20.4 Å². The van der Waals surface area contributed by atoms with Gasteiger partial charge in [0.2, 0.25) is 0 Å². The zero-order chi connectivity index (χ0) is 20.8. The molecule has 2 aromatic carbocycles. The molecule has 30 heavy (non-hydrogen) atoms. The van der Waals surface area contributed by atoms with Crippen LogP contribution in [0.25, 0.3) is 5.82 Å². The molecule has 0 aliphatic carbocycles. The van der Waals surface area contributed by atoms with Crippen molar-refractivity contribution in [3.8, 4) is 11.6 Å². The molecule has 0 saturated carbocycles. The van der Waals surface area contributed by atoms with E-state index in [1.54, 1.807) is 24.5 Å². The van der Waals surface area contributed by atoms with Crippen LogP contribution in [0.2, 0.25) is 0 Å². The number of ether oxygens (including phenoxy) is 1. The Kier molecular flexibility index (Phi) is 5.85. The van der Waals surface area contributed by atoms with E-state index in [9.17, 15) is 4.79 Å². The number of nitrogens with one attached hydrogen (secondary N) is 1. The van der Waals surface area contributed by atoms with E-state index in [1.807, 2.05) is 72.3 Å². The van der Waals surface area contributed by atoms with Crippen molar-refractivity contribution in [3.63, 3.8) is 0 Å². The Morgan fingerprint density at radius 1 is 0.967 bits per heavy atom. The maximum atomic E-state index is 12.4. The second-order valence-corrected chi connectivity index (χ2v) is 6.85. The number of pyridine rings is 1. The molecular weight excluding hydrogens is 376 g/mol. The second-order valence-electron chi connectivity index (χ2n) is 6.85. The van der Waals surface area contributed by atoms with E-state index in [0.717, 1.165) is 28.5 Å². The van der Waals surface area contributed by atoms with Gasteiger partial charge < -0.3 is 10.1 Å². The first-order chi connectivity index (χ1) is 14.7. The Labute approximate surface area is 175 Å². The van der Waals surface area contributed by atoms with Crippen LogP contribution in [-0.2, 0) is 13.2 Å². The first-order valence-electron chi connectivity index (χ1n) is 9.69. The van der Waals surface area contributed by atoms with Crippen molar-refractivity contribution in [1.82, 2.24) is 19.9 Å². The van der Waals surface area contributed by atoms with Crippen LogP contribution < -0.4 is 10.1 Å². The van der Waals surface area contributed by atoms with Crippen molar-refractivity contribution in [2.24, 2.45) is 0 Å². The predicted molar refractivity (Wildman–Crippen MR) is 114 cm³/mol. The summed E-state index contributed by atoms with van der Waals surface area (Å²) in [5.41, 5.74) is 2.61. The van der Waals surface area contributed by atoms with Crippen LogP contribution in [0.15, 0.2) is 85.3 Å². The number of carbonyl (C=O) groups is 1. The lowest BCUT2D eigenvalue weighted by Gasteiger charge is -2.09. The smallest absolute Gasteiger partial charge is 0.251 e. The summed E-state index contributed by atoms with van der Waals surface area (Å²) in [5.74, 6) is 2.26. The first-order valence-corrected chi connectivity index (χ1v) is 9.69. The monoisotopic (exact) mass is 398 g/mol. The standard InChI is InChI=1S/C24H22N4O2/c1-18-25-13-14-28(18)23-12-7-20(15-26-23)16-27-24(29)21-8-10-22(11-9-21)30-17-19-5-3-2-4-6-19/h2-15H,16-17H2,1H3,(H,27,29). The number of amides is 1. The molecular formula is C24H22N4O2. The number of rotatable bonds is 7. The molecule has 6 nitrogen and oxygen atoms in total.